The third-order valence-corrected chi connectivity index (χ3v) is 9.73. The maximum absolute atomic E-state index is 11.8. The number of benzene rings is 2. The van der Waals surface area contributed by atoms with Crippen LogP contribution in [0.2, 0.25) is 0 Å². The number of pyridine rings is 1. The van der Waals surface area contributed by atoms with Gasteiger partial charge in [0.15, 0.2) is 11.6 Å². The maximum Gasteiger partial charge on any atom is 0.510 e. The number of anilines is 4. The zero-order valence-corrected chi connectivity index (χ0v) is 33.1. The SMILES string of the molecule is CC.COc1ccc2nc3cc(C)ccc3c(NCCCCCCCNP(COC(C)CN3CNc4c(N)ncnc43)OCOC(=O)OC(C)C)c2c1. The van der Waals surface area contributed by atoms with Crippen LogP contribution in [-0.4, -0.2) is 79.9 Å². The molecule has 53 heavy (non-hydrogen) atoms. The number of nitrogens with two attached hydrogens (primary N) is 1. The fourth-order valence-corrected chi connectivity index (χ4v) is 7.03. The molecule has 0 radical (unpaired) electrons. The smallest absolute Gasteiger partial charge is 0.497 e. The number of rotatable bonds is 20. The molecule has 1 aliphatic heterocycles. The summed E-state index contributed by atoms with van der Waals surface area (Å²) in [5.74, 6) is 2.00. The van der Waals surface area contributed by atoms with Crippen LogP contribution in [0.15, 0.2) is 42.7 Å². The van der Waals surface area contributed by atoms with E-state index in [0.29, 0.717) is 25.4 Å². The number of carbonyl (C=O) groups excluding carboxylic acids is 1. The van der Waals surface area contributed by atoms with Gasteiger partial charge in [0.1, 0.15) is 32.4 Å². The molecule has 2 unspecified atom stereocenters. The Bertz CT molecular complexity index is 1750. The van der Waals surface area contributed by atoms with Gasteiger partial charge in [-0.15, -0.1) is 0 Å². The minimum Gasteiger partial charge on any atom is -0.497 e. The van der Waals surface area contributed by atoms with Crippen molar-refractivity contribution in [3.8, 4) is 5.75 Å². The van der Waals surface area contributed by atoms with Crippen molar-refractivity contribution in [2.75, 3.05) is 67.8 Å². The fraction of sp³-hybridized carbons (Fsp3) is 0.526. The second-order valence-corrected chi connectivity index (χ2v) is 14.4. The first-order valence-electron chi connectivity index (χ1n) is 18.5. The van der Waals surface area contributed by atoms with Crippen molar-refractivity contribution >= 4 is 59.3 Å². The minimum atomic E-state index is -1.22. The van der Waals surface area contributed by atoms with Crippen molar-refractivity contribution in [2.45, 2.75) is 85.9 Å². The molecule has 5 rings (SSSR count). The predicted molar refractivity (Wildman–Crippen MR) is 215 cm³/mol. The quantitative estimate of drug-likeness (QED) is 0.0224. The summed E-state index contributed by atoms with van der Waals surface area (Å²) in [6.45, 7) is 14.2. The van der Waals surface area contributed by atoms with Crippen LogP contribution >= 0.6 is 8.30 Å². The van der Waals surface area contributed by atoms with E-state index in [0.717, 1.165) is 89.9 Å². The Hall–Kier alpha value is -4.23. The zero-order valence-electron chi connectivity index (χ0n) is 32.2. The number of fused-ring (bicyclic) bond motifs is 3. The molecule has 0 spiro atoms. The largest absolute Gasteiger partial charge is 0.510 e. The molecule has 0 amide bonds. The first-order valence-corrected chi connectivity index (χ1v) is 20.0. The summed E-state index contributed by atoms with van der Waals surface area (Å²) < 4.78 is 27.7. The number of aromatic nitrogens is 3. The summed E-state index contributed by atoms with van der Waals surface area (Å²) in [5.41, 5.74) is 10.9. The number of ether oxygens (including phenoxy) is 4. The van der Waals surface area contributed by atoms with Gasteiger partial charge < -0.3 is 44.7 Å². The Morgan fingerprint density at radius 1 is 1.00 bits per heavy atom. The van der Waals surface area contributed by atoms with Crippen LogP contribution in [0.25, 0.3) is 21.8 Å². The predicted octanol–water partition coefficient (Wildman–Crippen LogP) is 8.16. The highest BCUT2D eigenvalue weighted by molar-refractivity contribution is 7.50. The first-order chi connectivity index (χ1) is 25.7. The number of carbonyl (C=O) groups is 1. The average Bonchev–Trinajstić information content (AvgIpc) is 3.56. The van der Waals surface area contributed by atoms with Gasteiger partial charge in [0, 0.05) is 30.4 Å². The van der Waals surface area contributed by atoms with Gasteiger partial charge in [0.2, 0.25) is 6.79 Å². The molecular formula is C38H57N8O6P. The lowest BCUT2D eigenvalue weighted by Crippen LogP contribution is -2.33. The van der Waals surface area contributed by atoms with Gasteiger partial charge >= 0.3 is 6.16 Å². The Morgan fingerprint density at radius 2 is 1.77 bits per heavy atom. The molecule has 0 bridgehead atoms. The second-order valence-electron chi connectivity index (χ2n) is 12.8. The standard InChI is InChI=1S/C36H51N8O6P.C2H6/c1-24(2)50-36(45)47-22-49-51(23-48-26(4)19-44-21-41-33-34(37)39-20-40-35(33)44)42-16-10-8-6-7-9-15-38-32-28-13-11-25(3)17-31(28)43-30-14-12-27(46-5)18-29(30)32;1-2/h11-14,17-18,20,24,26,41-42H,6-10,15-16,19,21-23H2,1-5H3,(H,38,43)(H2,37,39,40);1-2H3. The minimum absolute atomic E-state index is 0.126. The summed E-state index contributed by atoms with van der Waals surface area (Å²) in [4.78, 5) is 27.2. The number of hydrogen-bond acceptors (Lipinski definition) is 14. The monoisotopic (exact) mass is 752 g/mol. The number of methoxy groups -OCH3 is 1. The van der Waals surface area contributed by atoms with E-state index >= 15 is 0 Å². The molecule has 3 heterocycles. The van der Waals surface area contributed by atoms with Crippen LogP contribution in [0, 0.1) is 6.92 Å². The lowest BCUT2D eigenvalue weighted by Gasteiger charge is -2.24. The van der Waals surface area contributed by atoms with E-state index in [1.165, 1.54) is 11.9 Å². The van der Waals surface area contributed by atoms with Crippen molar-refractivity contribution in [1.82, 2.24) is 20.0 Å². The number of aryl methyl sites for hydroxylation is 1. The number of nitrogens with zero attached hydrogens (tertiary/aromatic N) is 4. The summed E-state index contributed by atoms with van der Waals surface area (Å²) in [7, 11) is 0.467. The summed E-state index contributed by atoms with van der Waals surface area (Å²) in [5, 5.41) is 12.6. The van der Waals surface area contributed by atoms with E-state index in [9.17, 15) is 4.79 Å². The third-order valence-electron chi connectivity index (χ3n) is 8.35. The van der Waals surface area contributed by atoms with E-state index in [-0.39, 0.29) is 19.0 Å². The Labute approximate surface area is 314 Å². The highest BCUT2D eigenvalue weighted by atomic mass is 31.2. The molecule has 15 heteroatoms. The Morgan fingerprint density at radius 3 is 2.55 bits per heavy atom. The van der Waals surface area contributed by atoms with Crippen molar-refractivity contribution < 1.29 is 28.3 Å². The summed E-state index contributed by atoms with van der Waals surface area (Å²) >= 11 is 0. The number of hydrogen-bond donors (Lipinski definition) is 4. The lowest BCUT2D eigenvalue weighted by molar-refractivity contribution is -0.00735. The van der Waals surface area contributed by atoms with E-state index in [2.05, 4.69) is 61.8 Å². The topological polar surface area (TPSA) is 167 Å². The van der Waals surface area contributed by atoms with Gasteiger partial charge in [-0.05, 0) is 70.4 Å². The molecular weight excluding hydrogens is 695 g/mol. The van der Waals surface area contributed by atoms with E-state index in [1.807, 2.05) is 32.9 Å². The molecule has 1 aliphatic rings. The highest BCUT2D eigenvalue weighted by Gasteiger charge is 2.25. The van der Waals surface area contributed by atoms with Gasteiger partial charge in [0.25, 0.3) is 0 Å². The van der Waals surface area contributed by atoms with Crippen molar-refractivity contribution in [1.29, 1.82) is 0 Å². The van der Waals surface area contributed by atoms with Gasteiger partial charge in [-0.2, -0.15) is 0 Å². The third kappa shape index (κ3) is 12.4. The van der Waals surface area contributed by atoms with Gasteiger partial charge in [-0.25, -0.2) is 19.7 Å². The van der Waals surface area contributed by atoms with Crippen molar-refractivity contribution in [3.05, 3.63) is 48.3 Å². The number of unbranched alkanes of at least 4 members (excludes halogenated alkanes) is 4. The summed E-state index contributed by atoms with van der Waals surface area (Å²) in [6.07, 6.45) is 5.97. The summed E-state index contributed by atoms with van der Waals surface area (Å²) in [6, 6.07) is 12.4. The first kappa shape index (κ1) is 41.5. The second kappa shape index (κ2) is 21.5. The molecule has 0 saturated carbocycles. The fourth-order valence-electron chi connectivity index (χ4n) is 5.80. The molecule has 290 valence electrons. The zero-order chi connectivity index (χ0) is 38.2. The molecule has 2 aromatic carbocycles. The van der Waals surface area contributed by atoms with Crippen LogP contribution in [0.4, 0.5) is 27.8 Å². The van der Waals surface area contributed by atoms with E-state index < -0.39 is 14.5 Å². The molecule has 14 nitrogen and oxygen atoms in total. The average molecular weight is 753 g/mol. The Balaban J connectivity index is 0.00000308. The van der Waals surface area contributed by atoms with Gasteiger partial charge in [-0.1, -0.05) is 45.2 Å². The van der Waals surface area contributed by atoms with Crippen LogP contribution in [0.5, 0.6) is 5.75 Å². The van der Waals surface area contributed by atoms with Crippen LogP contribution < -0.4 is 31.1 Å². The lowest BCUT2D eigenvalue weighted by atomic mass is 10.1. The van der Waals surface area contributed by atoms with Gasteiger partial charge in [0.05, 0.1) is 42.7 Å². The molecule has 2 atom stereocenters. The molecule has 0 fully saturated rings. The molecule has 4 aromatic rings. The molecule has 0 saturated heterocycles. The van der Waals surface area contributed by atoms with Crippen LogP contribution in [0.3, 0.4) is 0 Å². The normalized spacial score (nSPS) is 13.2. The Kier molecular flexibility index (Phi) is 16.8. The van der Waals surface area contributed by atoms with Crippen molar-refractivity contribution in [2.24, 2.45) is 0 Å². The maximum atomic E-state index is 11.8. The number of nitrogen functional groups attached to an aromatic ring is 1. The van der Waals surface area contributed by atoms with E-state index in [1.54, 1.807) is 21.0 Å². The van der Waals surface area contributed by atoms with Crippen LogP contribution in [0.1, 0.15) is 72.3 Å². The molecule has 0 aliphatic carbocycles. The van der Waals surface area contributed by atoms with E-state index in [4.69, 9.17) is 34.2 Å². The highest BCUT2D eigenvalue weighted by Crippen LogP contribution is 2.36. The number of nitrogens with one attached hydrogen (secondary N) is 3. The van der Waals surface area contributed by atoms with Crippen LogP contribution in [-0.2, 0) is 18.7 Å². The molecule has 5 N–H and O–H groups in total. The molecule has 2 aromatic heterocycles. The van der Waals surface area contributed by atoms with Crippen molar-refractivity contribution in [3.63, 3.8) is 0 Å². The van der Waals surface area contributed by atoms with Gasteiger partial charge in [-0.3, -0.25) is 5.09 Å².